The van der Waals surface area contributed by atoms with Gasteiger partial charge >= 0.3 is 0 Å². The van der Waals surface area contributed by atoms with Gasteiger partial charge in [-0.25, -0.2) is 0 Å². The molecule has 148 valence electrons. The van der Waals surface area contributed by atoms with Crippen LogP contribution in [0.3, 0.4) is 0 Å². The van der Waals surface area contributed by atoms with Gasteiger partial charge < -0.3 is 24.1 Å². The number of aromatic nitrogens is 2. The van der Waals surface area contributed by atoms with E-state index in [2.05, 4.69) is 25.3 Å². The summed E-state index contributed by atoms with van der Waals surface area (Å²) in [5, 5.41) is 7.08. The maximum Gasteiger partial charge on any atom is 0.289 e. The number of guanidine groups is 1. The Kier molecular flexibility index (Phi) is 8.07. The van der Waals surface area contributed by atoms with Crippen molar-refractivity contribution in [1.82, 2.24) is 25.3 Å². The van der Waals surface area contributed by atoms with Crippen LogP contribution in [0, 0.1) is 6.92 Å². The largest absolute Gasteiger partial charge is 0.459 e. The monoisotopic (exact) mass is 488 g/mol. The van der Waals surface area contributed by atoms with Crippen LogP contribution in [0.4, 0.5) is 0 Å². The number of hydrogen-bond donors (Lipinski definition) is 1. The Morgan fingerprint density at radius 2 is 2.04 bits per heavy atom. The minimum atomic E-state index is -0.0663. The van der Waals surface area contributed by atoms with E-state index in [0.717, 1.165) is 25.6 Å². The maximum absolute atomic E-state index is 12.3. The molecule has 3 heterocycles. The van der Waals surface area contributed by atoms with Gasteiger partial charge in [-0.05, 0) is 26.0 Å². The Balaban J connectivity index is 0.00000261. The predicted molar refractivity (Wildman–Crippen MR) is 110 cm³/mol. The second-order valence-corrected chi connectivity index (χ2v) is 5.98. The van der Waals surface area contributed by atoms with Crippen molar-refractivity contribution in [3.05, 3.63) is 35.9 Å². The average molecular weight is 488 g/mol. The lowest BCUT2D eigenvalue weighted by Gasteiger charge is -2.36. The number of amides is 1. The molecule has 0 aromatic carbocycles. The van der Waals surface area contributed by atoms with Gasteiger partial charge in [0.1, 0.15) is 0 Å². The number of aryl methyl sites for hydroxylation is 1. The zero-order valence-corrected chi connectivity index (χ0v) is 17.9. The molecule has 1 aliphatic heterocycles. The zero-order valence-electron chi connectivity index (χ0n) is 15.6. The second-order valence-electron chi connectivity index (χ2n) is 5.98. The fourth-order valence-corrected chi connectivity index (χ4v) is 2.80. The molecule has 2 aromatic rings. The van der Waals surface area contributed by atoms with Crippen LogP contribution < -0.4 is 5.32 Å². The van der Waals surface area contributed by atoms with Crippen molar-refractivity contribution in [2.24, 2.45) is 4.99 Å². The molecular weight excluding hydrogens is 463 g/mol. The van der Waals surface area contributed by atoms with Gasteiger partial charge in [0, 0.05) is 39.1 Å². The first-order chi connectivity index (χ1) is 12.7. The summed E-state index contributed by atoms with van der Waals surface area (Å²) in [5.41, 5.74) is 0. The SMILES string of the molecule is CCNC(=NCCc1nc(C)no1)N1CCN(C(=O)c2ccco2)CC1.I. The highest BCUT2D eigenvalue weighted by Crippen LogP contribution is 2.09. The van der Waals surface area contributed by atoms with Crippen molar-refractivity contribution < 1.29 is 13.7 Å². The lowest BCUT2D eigenvalue weighted by molar-refractivity contribution is 0.0657. The summed E-state index contributed by atoms with van der Waals surface area (Å²) in [6, 6.07) is 3.42. The van der Waals surface area contributed by atoms with Crippen LogP contribution in [-0.4, -0.2) is 71.1 Å². The van der Waals surface area contributed by atoms with E-state index in [0.29, 0.717) is 43.5 Å². The van der Waals surface area contributed by atoms with Crippen LogP contribution in [0.15, 0.2) is 32.3 Å². The minimum Gasteiger partial charge on any atom is -0.459 e. The number of carbonyl (C=O) groups is 1. The van der Waals surface area contributed by atoms with Gasteiger partial charge in [0.05, 0.1) is 12.8 Å². The van der Waals surface area contributed by atoms with Crippen molar-refractivity contribution in [2.75, 3.05) is 39.3 Å². The van der Waals surface area contributed by atoms with Gasteiger partial charge in [-0.15, -0.1) is 24.0 Å². The second kappa shape index (κ2) is 10.3. The topological polar surface area (TPSA) is 100 Å². The Morgan fingerprint density at radius 3 is 2.63 bits per heavy atom. The number of furan rings is 1. The van der Waals surface area contributed by atoms with E-state index in [9.17, 15) is 4.79 Å². The first-order valence-electron chi connectivity index (χ1n) is 8.82. The average Bonchev–Trinajstić information content (AvgIpc) is 3.32. The van der Waals surface area contributed by atoms with E-state index in [1.807, 2.05) is 6.92 Å². The fourth-order valence-electron chi connectivity index (χ4n) is 2.80. The number of piperazine rings is 1. The first-order valence-corrected chi connectivity index (χ1v) is 8.82. The highest BCUT2D eigenvalue weighted by atomic mass is 127. The van der Waals surface area contributed by atoms with Crippen molar-refractivity contribution in [3.8, 4) is 0 Å². The molecule has 9 nitrogen and oxygen atoms in total. The molecule has 0 bridgehead atoms. The number of aliphatic imine (C=N–C) groups is 1. The van der Waals surface area contributed by atoms with Crippen LogP contribution >= 0.6 is 24.0 Å². The molecule has 27 heavy (non-hydrogen) atoms. The molecule has 0 atom stereocenters. The molecule has 1 amide bonds. The van der Waals surface area contributed by atoms with E-state index >= 15 is 0 Å². The summed E-state index contributed by atoms with van der Waals surface area (Å²) in [6.07, 6.45) is 2.12. The van der Waals surface area contributed by atoms with Gasteiger partial charge in [-0.3, -0.25) is 9.79 Å². The number of nitrogens with zero attached hydrogens (tertiary/aromatic N) is 5. The van der Waals surface area contributed by atoms with Gasteiger partial charge in [-0.2, -0.15) is 4.98 Å². The van der Waals surface area contributed by atoms with Crippen LogP contribution in [0.2, 0.25) is 0 Å². The normalized spacial score (nSPS) is 14.8. The van der Waals surface area contributed by atoms with E-state index in [-0.39, 0.29) is 29.9 Å². The summed E-state index contributed by atoms with van der Waals surface area (Å²) in [6.45, 7) is 7.88. The van der Waals surface area contributed by atoms with Crippen molar-refractivity contribution in [3.63, 3.8) is 0 Å². The smallest absolute Gasteiger partial charge is 0.289 e. The Hall–Kier alpha value is -2.11. The maximum atomic E-state index is 12.3. The predicted octanol–water partition coefficient (Wildman–Crippen LogP) is 1.56. The highest BCUT2D eigenvalue weighted by molar-refractivity contribution is 14.0. The molecule has 1 fully saturated rings. The number of hydrogen-bond acceptors (Lipinski definition) is 6. The van der Waals surface area contributed by atoms with Crippen LogP contribution in [0.5, 0.6) is 0 Å². The summed E-state index contributed by atoms with van der Waals surface area (Å²) in [5.74, 6) is 2.38. The van der Waals surface area contributed by atoms with E-state index in [1.54, 1.807) is 24.0 Å². The summed E-state index contributed by atoms with van der Waals surface area (Å²) >= 11 is 0. The van der Waals surface area contributed by atoms with Crippen LogP contribution in [-0.2, 0) is 6.42 Å². The molecule has 0 unspecified atom stereocenters. The molecule has 1 saturated heterocycles. The van der Waals surface area contributed by atoms with Gasteiger partial charge in [0.2, 0.25) is 5.89 Å². The van der Waals surface area contributed by atoms with Crippen molar-refractivity contribution >= 4 is 35.8 Å². The van der Waals surface area contributed by atoms with Gasteiger partial charge in [0.15, 0.2) is 17.5 Å². The summed E-state index contributed by atoms with van der Waals surface area (Å²) < 4.78 is 10.3. The Morgan fingerprint density at radius 1 is 1.30 bits per heavy atom. The van der Waals surface area contributed by atoms with Crippen LogP contribution in [0.25, 0.3) is 0 Å². The lowest BCUT2D eigenvalue weighted by Crippen LogP contribution is -2.53. The van der Waals surface area contributed by atoms with E-state index in [1.165, 1.54) is 6.26 Å². The summed E-state index contributed by atoms with van der Waals surface area (Å²) in [7, 11) is 0. The third-order valence-electron chi connectivity index (χ3n) is 4.09. The zero-order chi connectivity index (χ0) is 18.4. The first kappa shape index (κ1) is 21.2. The molecule has 0 spiro atoms. The molecular formula is C17H25IN6O3. The fraction of sp³-hybridized carbons (Fsp3) is 0.529. The number of nitrogens with one attached hydrogen (secondary N) is 1. The molecule has 0 saturated carbocycles. The Labute approximate surface area is 175 Å². The third kappa shape index (κ3) is 5.68. The van der Waals surface area contributed by atoms with Crippen molar-refractivity contribution in [1.29, 1.82) is 0 Å². The number of halogens is 1. The molecule has 3 rings (SSSR count). The molecule has 10 heteroatoms. The minimum absolute atomic E-state index is 0. The van der Waals surface area contributed by atoms with Gasteiger partial charge in [0.25, 0.3) is 5.91 Å². The summed E-state index contributed by atoms with van der Waals surface area (Å²) in [4.78, 5) is 25.1. The van der Waals surface area contributed by atoms with E-state index < -0.39 is 0 Å². The Bertz CT molecular complexity index is 738. The number of carbonyl (C=O) groups excluding carboxylic acids is 1. The number of rotatable bonds is 5. The quantitative estimate of drug-likeness (QED) is 0.388. The van der Waals surface area contributed by atoms with E-state index in [4.69, 9.17) is 8.94 Å². The highest BCUT2D eigenvalue weighted by Gasteiger charge is 2.25. The molecule has 0 aliphatic carbocycles. The molecule has 0 radical (unpaired) electrons. The van der Waals surface area contributed by atoms with Gasteiger partial charge in [-0.1, -0.05) is 5.16 Å². The lowest BCUT2D eigenvalue weighted by atomic mass is 10.3. The molecule has 2 aromatic heterocycles. The standard InChI is InChI=1S/C17H24N6O3.HI/c1-3-18-17(19-7-6-15-20-13(2)21-26-15)23-10-8-22(9-11-23)16(24)14-5-4-12-25-14;/h4-5,12H,3,6-11H2,1-2H3,(H,18,19);1H. The molecule has 1 aliphatic rings. The molecule has 1 N–H and O–H groups in total. The third-order valence-corrected chi connectivity index (χ3v) is 4.09. The van der Waals surface area contributed by atoms with Crippen LogP contribution in [0.1, 0.15) is 29.2 Å². The van der Waals surface area contributed by atoms with Crippen molar-refractivity contribution in [2.45, 2.75) is 20.3 Å².